The molecule has 0 bridgehead atoms. The topological polar surface area (TPSA) is 93.4 Å². The van der Waals surface area contributed by atoms with Gasteiger partial charge in [0.2, 0.25) is 5.91 Å². The minimum Gasteiger partial charge on any atom is -0.468 e. The van der Waals surface area contributed by atoms with E-state index in [0.29, 0.717) is 12.8 Å². The Kier molecular flexibility index (Phi) is 5.95. The molecule has 4 N–H and O–H groups in total. The number of amides is 1. The SMILES string of the molecule is CNC(CCC(NC(C)C)(C(=O)OC)C1CC1)C(N)=O. The van der Waals surface area contributed by atoms with Gasteiger partial charge in [-0.1, -0.05) is 0 Å². The fourth-order valence-electron chi connectivity index (χ4n) is 2.80. The summed E-state index contributed by atoms with van der Waals surface area (Å²) in [5.74, 6) is -0.359. The number of hydrogen-bond acceptors (Lipinski definition) is 5. The number of esters is 1. The quantitative estimate of drug-likeness (QED) is 0.525. The summed E-state index contributed by atoms with van der Waals surface area (Å²) < 4.78 is 5.01. The number of nitrogens with two attached hydrogens (primary N) is 1. The van der Waals surface area contributed by atoms with Crippen molar-refractivity contribution in [2.45, 2.75) is 57.2 Å². The molecule has 6 nitrogen and oxygen atoms in total. The average Bonchev–Trinajstić information content (AvgIpc) is 3.20. The molecule has 0 heterocycles. The molecule has 2 atom stereocenters. The van der Waals surface area contributed by atoms with Gasteiger partial charge in [0, 0.05) is 6.04 Å². The molecule has 0 aromatic carbocycles. The molecule has 1 aliphatic rings. The van der Waals surface area contributed by atoms with E-state index in [9.17, 15) is 9.59 Å². The Morgan fingerprint density at radius 1 is 1.40 bits per heavy atom. The van der Waals surface area contributed by atoms with Crippen LogP contribution in [-0.2, 0) is 14.3 Å². The lowest BCUT2D eigenvalue weighted by atomic mass is 9.85. The zero-order chi connectivity index (χ0) is 15.3. The second-order valence-electron chi connectivity index (χ2n) is 5.82. The molecule has 6 heteroatoms. The van der Waals surface area contributed by atoms with E-state index in [1.165, 1.54) is 7.11 Å². The standard InChI is InChI=1S/C14H27N3O3/c1-9(2)17-14(10-5-6-10,13(19)20-4)8-7-11(16-3)12(15)18/h9-11,16-17H,5-8H2,1-4H3,(H2,15,18). The van der Waals surface area contributed by atoms with Crippen molar-refractivity contribution in [3.05, 3.63) is 0 Å². The fraction of sp³-hybridized carbons (Fsp3) is 0.857. The minimum atomic E-state index is -0.701. The third kappa shape index (κ3) is 3.93. The lowest BCUT2D eigenvalue weighted by molar-refractivity contribution is -0.150. The van der Waals surface area contributed by atoms with Crippen LogP contribution in [0.5, 0.6) is 0 Å². The minimum absolute atomic E-state index is 0.163. The van der Waals surface area contributed by atoms with E-state index >= 15 is 0 Å². The molecule has 0 aromatic heterocycles. The zero-order valence-electron chi connectivity index (χ0n) is 12.9. The number of methoxy groups -OCH3 is 1. The molecule has 20 heavy (non-hydrogen) atoms. The van der Waals surface area contributed by atoms with Crippen LogP contribution >= 0.6 is 0 Å². The van der Waals surface area contributed by atoms with Crippen molar-refractivity contribution in [2.75, 3.05) is 14.2 Å². The van der Waals surface area contributed by atoms with Crippen LogP contribution in [0.2, 0.25) is 0 Å². The van der Waals surface area contributed by atoms with E-state index in [4.69, 9.17) is 10.5 Å². The van der Waals surface area contributed by atoms with Gasteiger partial charge in [-0.15, -0.1) is 0 Å². The lowest BCUT2D eigenvalue weighted by Gasteiger charge is -2.35. The van der Waals surface area contributed by atoms with Crippen LogP contribution in [0.4, 0.5) is 0 Å². The van der Waals surface area contributed by atoms with E-state index < -0.39 is 17.5 Å². The van der Waals surface area contributed by atoms with Crippen molar-refractivity contribution in [1.82, 2.24) is 10.6 Å². The molecule has 0 radical (unpaired) electrons. The normalized spacial score (nSPS) is 19.4. The summed E-state index contributed by atoms with van der Waals surface area (Å²) in [6, 6.07) is -0.261. The number of rotatable bonds is 9. The molecule has 2 unspecified atom stereocenters. The first kappa shape index (κ1) is 16.9. The Bertz CT molecular complexity index is 356. The van der Waals surface area contributed by atoms with Crippen LogP contribution in [0, 0.1) is 5.92 Å². The van der Waals surface area contributed by atoms with Gasteiger partial charge in [-0.2, -0.15) is 0 Å². The van der Waals surface area contributed by atoms with E-state index in [1.807, 2.05) is 13.8 Å². The first-order chi connectivity index (χ1) is 9.37. The Labute approximate surface area is 120 Å². The molecule has 1 amide bonds. The summed E-state index contributed by atoms with van der Waals surface area (Å²) in [5, 5.41) is 6.26. The fourth-order valence-corrected chi connectivity index (χ4v) is 2.80. The van der Waals surface area contributed by atoms with Gasteiger partial charge in [-0.05, 0) is 52.5 Å². The van der Waals surface area contributed by atoms with Gasteiger partial charge in [0.15, 0.2) is 0 Å². The average molecular weight is 285 g/mol. The number of ether oxygens (including phenoxy) is 1. The summed E-state index contributed by atoms with van der Waals surface area (Å²) in [6.07, 6.45) is 3.07. The van der Waals surface area contributed by atoms with Crippen LogP contribution in [0.3, 0.4) is 0 Å². The smallest absolute Gasteiger partial charge is 0.326 e. The highest BCUT2D eigenvalue weighted by atomic mass is 16.5. The van der Waals surface area contributed by atoms with Crippen LogP contribution < -0.4 is 16.4 Å². The summed E-state index contributed by atoms with van der Waals surface area (Å²) >= 11 is 0. The zero-order valence-corrected chi connectivity index (χ0v) is 12.9. The molecule has 1 saturated carbocycles. The first-order valence-corrected chi connectivity index (χ1v) is 7.20. The predicted molar refractivity (Wildman–Crippen MR) is 77.0 cm³/mol. The number of likely N-dealkylation sites (N-methyl/N-ethyl adjacent to an activating group) is 1. The molecule has 116 valence electrons. The predicted octanol–water partition coefficient (Wildman–Crippen LogP) is 0.160. The Hall–Kier alpha value is -1.14. The van der Waals surface area contributed by atoms with Gasteiger partial charge in [0.05, 0.1) is 13.2 Å². The maximum atomic E-state index is 12.3. The van der Waals surface area contributed by atoms with Gasteiger partial charge in [0.1, 0.15) is 5.54 Å². The van der Waals surface area contributed by atoms with Crippen molar-refractivity contribution in [2.24, 2.45) is 11.7 Å². The number of nitrogens with one attached hydrogen (secondary N) is 2. The number of primary amides is 1. The Morgan fingerprint density at radius 2 is 2.00 bits per heavy atom. The maximum absolute atomic E-state index is 12.3. The summed E-state index contributed by atoms with van der Waals surface area (Å²) in [6.45, 7) is 4.01. The van der Waals surface area contributed by atoms with Gasteiger partial charge < -0.3 is 15.8 Å². The maximum Gasteiger partial charge on any atom is 0.326 e. The van der Waals surface area contributed by atoms with E-state index in [2.05, 4.69) is 10.6 Å². The van der Waals surface area contributed by atoms with Gasteiger partial charge >= 0.3 is 5.97 Å². The highest BCUT2D eigenvalue weighted by molar-refractivity contribution is 5.82. The molecular weight excluding hydrogens is 258 g/mol. The van der Waals surface area contributed by atoms with Crippen molar-refractivity contribution < 1.29 is 14.3 Å². The lowest BCUT2D eigenvalue weighted by Crippen LogP contribution is -2.58. The van der Waals surface area contributed by atoms with Gasteiger partial charge in [-0.25, -0.2) is 0 Å². The van der Waals surface area contributed by atoms with Crippen LogP contribution in [-0.4, -0.2) is 43.7 Å². The molecular formula is C14H27N3O3. The van der Waals surface area contributed by atoms with Gasteiger partial charge in [-0.3, -0.25) is 14.9 Å². The van der Waals surface area contributed by atoms with Crippen LogP contribution in [0.25, 0.3) is 0 Å². The molecule has 1 aliphatic carbocycles. The molecule has 0 spiro atoms. The third-order valence-corrected chi connectivity index (χ3v) is 3.89. The van der Waals surface area contributed by atoms with E-state index in [-0.39, 0.29) is 17.9 Å². The van der Waals surface area contributed by atoms with Crippen LogP contribution in [0.15, 0.2) is 0 Å². The van der Waals surface area contributed by atoms with E-state index in [1.54, 1.807) is 7.05 Å². The van der Waals surface area contributed by atoms with Crippen LogP contribution in [0.1, 0.15) is 39.5 Å². The molecule has 0 aliphatic heterocycles. The third-order valence-electron chi connectivity index (χ3n) is 3.89. The van der Waals surface area contributed by atoms with Crippen molar-refractivity contribution in [3.8, 4) is 0 Å². The van der Waals surface area contributed by atoms with Gasteiger partial charge in [0.25, 0.3) is 0 Å². The molecule has 0 aromatic rings. The second-order valence-corrected chi connectivity index (χ2v) is 5.82. The summed E-state index contributed by atoms with van der Waals surface area (Å²) in [4.78, 5) is 23.6. The molecule has 1 rings (SSSR count). The van der Waals surface area contributed by atoms with Crippen molar-refractivity contribution in [1.29, 1.82) is 0 Å². The summed E-state index contributed by atoms with van der Waals surface area (Å²) in [7, 11) is 3.10. The monoisotopic (exact) mass is 285 g/mol. The number of hydrogen-bond donors (Lipinski definition) is 3. The van der Waals surface area contributed by atoms with E-state index in [0.717, 1.165) is 12.8 Å². The number of carbonyl (C=O) groups is 2. The summed E-state index contributed by atoms with van der Waals surface area (Å²) in [5.41, 5.74) is 4.64. The number of carbonyl (C=O) groups excluding carboxylic acids is 2. The first-order valence-electron chi connectivity index (χ1n) is 7.20. The van der Waals surface area contributed by atoms with Crippen molar-refractivity contribution >= 4 is 11.9 Å². The highest BCUT2D eigenvalue weighted by Crippen LogP contribution is 2.43. The highest BCUT2D eigenvalue weighted by Gasteiger charge is 2.51. The molecule has 1 fully saturated rings. The Balaban J connectivity index is 2.85. The van der Waals surface area contributed by atoms with Crippen molar-refractivity contribution in [3.63, 3.8) is 0 Å². The Morgan fingerprint density at radius 3 is 2.35 bits per heavy atom. The second kappa shape index (κ2) is 7.04. The molecule has 0 saturated heterocycles. The largest absolute Gasteiger partial charge is 0.468 e.